The molecule has 3 atom stereocenters. The van der Waals surface area contributed by atoms with Gasteiger partial charge in [0.05, 0.1) is 0 Å². The van der Waals surface area contributed by atoms with Crippen LogP contribution in [0.25, 0.3) is 0 Å². The van der Waals surface area contributed by atoms with Crippen LogP contribution in [0.15, 0.2) is 30.3 Å². The Balaban J connectivity index is 1.82. The number of hydrogen-bond acceptors (Lipinski definition) is 2. The van der Waals surface area contributed by atoms with E-state index in [1.807, 2.05) is 13.0 Å². The van der Waals surface area contributed by atoms with E-state index < -0.39 is 0 Å². The molecule has 1 aliphatic carbocycles. The summed E-state index contributed by atoms with van der Waals surface area (Å²) in [6.07, 6.45) is 6.45. The predicted octanol–water partition coefficient (Wildman–Crippen LogP) is 3.11. The Morgan fingerprint density at radius 1 is 1.26 bits per heavy atom. The van der Waals surface area contributed by atoms with Crippen molar-refractivity contribution in [3.8, 4) is 0 Å². The molecule has 1 aromatic carbocycles. The summed E-state index contributed by atoms with van der Waals surface area (Å²) in [5.74, 6) is 0.823. The van der Waals surface area contributed by atoms with Gasteiger partial charge < -0.3 is 15.7 Å². The maximum atomic E-state index is 12.1. The van der Waals surface area contributed by atoms with E-state index in [1.54, 1.807) is 0 Å². The fourth-order valence-electron chi connectivity index (χ4n) is 3.37. The molecule has 4 heteroatoms. The van der Waals surface area contributed by atoms with E-state index in [2.05, 4.69) is 34.9 Å². The summed E-state index contributed by atoms with van der Waals surface area (Å²) in [6.45, 7) is 2.82. The van der Waals surface area contributed by atoms with Crippen molar-refractivity contribution in [1.29, 1.82) is 0 Å². The third-order valence-corrected chi connectivity index (χ3v) is 4.80. The van der Waals surface area contributed by atoms with Crippen molar-refractivity contribution in [2.45, 2.75) is 51.5 Å². The summed E-state index contributed by atoms with van der Waals surface area (Å²) in [7, 11) is 0. The Morgan fingerprint density at radius 3 is 2.74 bits per heavy atom. The van der Waals surface area contributed by atoms with E-state index in [9.17, 15) is 4.79 Å². The molecule has 2 amide bonds. The highest BCUT2D eigenvalue weighted by Gasteiger charge is 2.26. The van der Waals surface area contributed by atoms with Crippen LogP contribution in [0.3, 0.4) is 0 Å². The normalized spacial score (nSPS) is 22.3. The number of aliphatic hydroxyl groups is 1. The van der Waals surface area contributed by atoms with Crippen LogP contribution in [0.2, 0.25) is 0 Å². The molecular formula is C19H30N2O2. The van der Waals surface area contributed by atoms with Crippen molar-refractivity contribution in [2.75, 3.05) is 13.2 Å². The number of urea groups is 1. The topological polar surface area (TPSA) is 61.4 Å². The van der Waals surface area contributed by atoms with Crippen LogP contribution in [0.1, 0.15) is 44.6 Å². The van der Waals surface area contributed by atoms with Crippen molar-refractivity contribution in [2.24, 2.45) is 11.8 Å². The van der Waals surface area contributed by atoms with Gasteiger partial charge in [-0.3, -0.25) is 0 Å². The largest absolute Gasteiger partial charge is 0.396 e. The predicted molar refractivity (Wildman–Crippen MR) is 93.3 cm³/mol. The second-order valence-electron chi connectivity index (χ2n) is 6.81. The number of amides is 2. The average molecular weight is 318 g/mol. The first kappa shape index (κ1) is 17.8. The molecule has 0 heterocycles. The molecule has 3 unspecified atom stereocenters. The molecule has 128 valence electrons. The first-order valence-corrected chi connectivity index (χ1v) is 8.88. The Morgan fingerprint density at radius 2 is 2.00 bits per heavy atom. The zero-order valence-electron chi connectivity index (χ0n) is 14.1. The van der Waals surface area contributed by atoms with Gasteiger partial charge in [0, 0.05) is 19.2 Å². The Kier molecular flexibility index (Phi) is 7.40. The van der Waals surface area contributed by atoms with E-state index in [4.69, 9.17) is 5.11 Å². The zero-order chi connectivity index (χ0) is 16.5. The number of hydrogen-bond donors (Lipinski definition) is 3. The van der Waals surface area contributed by atoms with Crippen molar-refractivity contribution >= 4 is 6.03 Å². The Labute approximate surface area is 139 Å². The van der Waals surface area contributed by atoms with Gasteiger partial charge in [-0.2, -0.15) is 0 Å². The molecule has 2 rings (SSSR count). The van der Waals surface area contributed by atoms with Crippen molar-refractivity contribution < 1.29 is 9.90 Å². The lowest BCUT2D eigenvalue weighted by molar-refractivity contribution is 0.213. The van der Waals surface area contributed by atoms with Crippen LogP contribution < -0.4 is 10.6 Å². The van der Waals surface area contributed by atoms with Crippen LogP contribution in [-0.2, 0) is 6.42 Å². The molecule has 0 bridgehead atoms. The maximum absolute atomic E-state index is 12.1. The first-order valence-electron chi connectivity index (χ1n) is 8.88. The summed E-state index contributed by atoms with van der Waals surface area (Å²) in [5.41, 5.74) is 1.35. The van der Waals surface area contributed by atoms with Gasteiger partial charge in [0.2, 0.25) is 0 Å². The lowest BCUT2D eigenvalue weighted by Gasteiger charge is -2.32. The Bertz CT molecular complexity index is 464. The number of carbonyl (C=O) groups excluding carboxylic acids is 1. The molecule has 3 N–H and O–H groups in total. The number of carbonyl (C=O) groups is 1. The van der Waals surface area contributed by atoms with Crippen molar-refractivity contribution in [3.63, 3.8) is 0 Å². The van der Waals surface area contributed by atoms with Crippen molar-refractivity contribution in [1.82, 2.24) is 10.6 Å². The number of nitrogens with one attached hydrogen (secondary N) is 2. The molecule has 1 saturated carbocycles. The van der Waals surface area contributed by atoms with Gasteiger partial charge in [-0.25, -0.2) is 4.79 Å². The van der Waals surface area contributed by atoms with Crippen LogP contribution in [0.4, 0.5) is 4.79 Å². The number of aliphatic hydroxyl groups excluding tert-OH is 1. The summed E-state index contributed by atoms with van der Waals surface area (Å²) in [6, 6.07) is 10.7. The molecule has 1 aromatic rings. The van der Waals surface area contributed by atoms with Crippen LogP contribution in [-0.4, -0.2) is 30.3 Å². The van der Waals surface area contributed by atoms with Gasteiger partial charge in [-0.15, -0.1) is 0 Å². The standard InChI is InChI=1S/C19H30N2O2/c1-15(11-12-22)14-20-19(23)21-18-10-6-5-9-17(18)13-16-7-3-2-4-8-16/h2-4,7-8,15,17-18,22H,5-6,9-14H2,1H3,(H2,20,21,23). The van der Waals surface area contributed by atoms with Crippen LogP contribution >= 0.6 is 0 Å². The molecule has 0 saturated heterocycles. The molecule has 1 fully saturated rings. The molecule has 0 radical (unpaired) electrons. The lowest BCUT2D eigenvalue weighted by Crippen LogP contribution is -2.48. The molecule has 1 aliphatic rings. The van der Waals surface area contributed by atoms with E-state index in [0.717, 1.165) is 19.3 Å². The molecule has 4 nitrogen and oxygen atoms in total. The quantitative estimate of drug-likeness (QED) is 0.723. The van der Waals surface area contributed by atoms with Gasteiger partial charge in [0.25, 0.3) is 0 Å². The molecule has 0 aliphatic heterocycles. The number of benzene rings is 1. The number of rotatable bonds is 7. The molecular weight excluding hydrogens is 288 g/mol. The van der Waals surface area contributed by atoms with Gasteiger partial charge in [0.1, 0.15) is 0 Å². The summed E-state index contributed by atoms with van der Waals surface area (Å²) >= 11 is 0. The van der Waals surface area contributed by atoms with Gasteiger partial charge in [-0.05, 0) is 43.1 Å². The smallest absolute Gasteiger partial charge is 0.315 e. The SMILES string of the molecule is CC(CCO)CNC(=O)NC1CCCCC1Cc1ccccc1. The molecule has 0 aromatic heterocycles. The summed E-state index contributed by atoms with van der Waals surface area (Å²) in [5, 5.41) is 15.0. The van der Waals surface area contributed by atoms with Crippen molar-refractivity contribution in [3.05, 3.63) is 35.9 Å². The van der Waals surface area contributed by atoms with Gasteiger partial charge in [0.15, 0.2) is 0 Å². The summed E-state index contributed by atoms with van der Waals surface area (Å²) in [4.78, 5) is 12.1. The minimum Gasteiger partial charge on any atom is -0.396 e. The highest BCUT2D eigenvalue weighted by molar-refractivity contribution is 5.74. The lowest BCUT2D eigenvalue weighted by atomic mass is 9.81. The third-order valence-electron chi connectivity index (χ3n) is 4.80. The second-order valence-corrected chi connectivity index (χ2v) is 6.81. The fourth-order valence-corrected chi connectivity index (χ4v) is 3.37. The van der Waals surface area contributed by atoms with Gasteiger partial charge >= 0.3 is 6.03 Å². The zero-order valence-corrected chi connectivity index (χ0v) is 14.1. The van der Waals surface area contributed by atoms with E-state index >= 15 is 0 Å². The average Bonchev–Trinajstić information content (AvgIpc) is 2.56. The molecule has 0 spiro atoms. The second kappa shape index (κ2) is 9.56. The van der Waals surface area contributed by atoms with Crippen LogP contribution in [0, 0.1) is 11.8 Å². The highest BCUT2D eigenvalue weighted by Crippen LogP contribution is 2.27. The minimum atomic E-state index is -0.0697. The Hall–Kier alpha value is -1.55. The van der Waals surface area contributed by atoms with Gasteiger partial charge in [-0.1, -0.05) is 50.1 Å². The van der Waals surface area contributed by atoms with E-state index in [0.29, 0.717) is 18.4 Å². The highest BCUT2D eigenvalue weighted by atomic mass is 16.3. The molecule has 23 heavy (non-hydrogen) atoms. The van der Waals surface area contributed by atoms with E-state index in [-0.39, 0.29) is 18.7 Å². The van der Waals surface area contributed by atoms with E-state index in [1.165, 1.54) is 24.8 Å². The minimum absolute atomic E-state index is 0.0697. The third kappa shape index (κ3) is 6.22. The monoisotopic (exact) mass is 318 g/mol. The van der Waals surface area contributed by atoms with Crippen LogP contribution in [0.5, 0.6) is 0 Å². The summed E-state index contributed by atoms with van der Waals surface area (Å²) < 4.78 is 0. The fraction of sp³-hybridized carbons (Fsp3) is 0.632. The maximum Gasteiger partial charge on any atom is 0.315 e. The first-order chi connectivity index (χ1) is 11.2.